The molecule has 0 bridgehead atoms. The lowest BCUT2D eigenvalue weighted by molar-refractivity contribution is -0.117. The standard InChI is InChI=1S/C20H28N2O4/c1-14(2)11-22-9-10-25-18(12-22)13-26-20(24)16-5-7-17(8-6-16)21-19(23)15-3-4-15/h5-8,14-15,18H,3-4,9-13H2,1-2H3,(H,21,23). The van der Waals surface area contributed by atoms with Gasteiger partial charge < -0.3 is 14.8 Å². The first-order valence-electron chi connectivity index (χ1n) is 9.43. The van der Waals surface area contributed by atoms with Gasteiger partial charge >= 0.3 is 5.97 Å². The molecule has 6 nitrogen and oxygen atoms in total. The van der Waals surface area contributed by atoms with E-state index in [4.69, 9.17) is 9.47 Å². The maximum Gasteiger partial charge on any atom is 0.338 e. The van der Waals surface area contributed by atoms with Gasteiger partial charge in [0.1, 0.15) is 12.7 Å². The van der Waals surface area contributed by atoms with E-state index in [2.05, 4.69) is 24.1 Å². The molecule has 0 radical (unpaired) electrons. The molecular weight excluding hydrogens is 332 g/mol. The van der Waals surface area contributed by atoms with Crippen molar-refractivity contribution >= 4 is 17.6 Å². The molecule has 1 saturated carbocycles. The third kappa shape index (κ3) is 5.54. The second-order valence-electron chi connectivity index (χ2n) is 7.59. The van der Waals surface area contributed by atoms with Crippen LogP contribution in [0.2, 0.25) is 0 Å². The molecule has 1 unspecified atom stereocenters. The SMILES string of the molecule is CC(C)CN1CCOC(COC(=O)c2ccc(NC(=O)C3CC3)cc2)C1. The van der Waals surface area contributed by atoms with Gasteiger partial charge in [-0.3, -0.25) is 9.69 Å². The highest BCUT2D eigenvalue weighted by Gasteiger charge is 2.29. The summed E-state index contributed by atoms with van der Waals surface area (Å²) in [6, 6.07) is 6.83. The number of nitrogens with zero attached hydrogens (tertiary/aromatic N) is 1. The lowest BCUT2D eigenvalue weighted by Crippen LogP contribution is -2.45. The van der Waals surface area contributed by atoms with Crippen LogP contribution in [0.4, 0.5) is 5.69 Å². The van der Waals surface area contributed by atoms with Crippen LogP contribution in [0.5, 0.6) is 0 Å². The number of ether oxygens (including phenoxy) is 2. The number of carbonyl (C=O) groups excluding carboxylic acids is 2. The molecule has 1 heterocycles. The van der Waals surface area contributed by atoms with Gasteiger partial charge in [-0.1, -0.05) is 13.8 Å². The zero-order valence-corrected chi connectivity index (χ0v) is 15.6. The first kappa shape index (κ1) is 18.9. The quantitative estimate of drug-likeness (QED) is 0.757. The molecule has 1 aliphatic carbocycles. The monoisotopic (exact) mass is 360 g/mol. The topological polar surface area (TPSA) is 67.9 Å². The van der Waals surface area contributed by atoms with E-state index in [1.165, 1.54) is 0 Å². The smallest absolute Gasteiger partial charge is 0.338 e. The molecule has 2 aliphatic rings. The summed E-state index contributed by atoms with van der Waals surface area (Å²) >= 11 is 0. The van der Waals surface area contributed by atoms with Gasteiger partial charge in [-0.15, -0.1) is 0 Å². The average molecular weight is 360 g/mol. The van der Waals surface area contributed by atoms with E-state index in [9.17, 15) is 9.59 Å². The summed E-state index contributed by atoms with van der Waals surface area (Å²) < 4.78 is 11.1. The number of morpholine rings is 1. The number of anilines is 1. The van der Waals surface area contributed by atoms with E-state index in [1.807, 2.05) is 0 Å². The first-order chi connectivity index (χ1) is 12.5. The number of rotatable bonds is 7. The molecule has 1 aliphatic heterocycles. The fourth-order valence-corrected chi connectivity index (χ4v) is 3.09. The first-order valence-corrected chi connectivity index (χ1v) is 9.43. The van der Waals surface area contributed by atoms with Crippen molar-refractivity contribution in [1.29, 1.82) is 0 Å². The Bertz CT molecular complexity index is 625. The Balaban J connectivity index is 1.44. The summed E-state index contributed by atoms with van der Waals surface area (Å²) in [6.45, 7) is 8.07. The van der Waals surface area contributed by atoms with E-state index in [0.717, 1.165) is 32.5 Å². The van der Waals surface area contributed by atoms with Gasteiger partial charge in [0.2, 0.25) is 5.91 Å². The summed E-state index contributed by atoms with van der Waals surface area (Å²) in [5, 5.41) is 2.86. The summed E-state index contributed by atoms with van der Waals surface area (Å²) in [5.74, 6) is 0.455. The number of esters is 1. The number of carbonyl (C=O) groups is 2. The van der Waals surface area contributed by atoms with Crippen molar-refractivity contribution in [2.75, 3.05) is 38.2 Å². The fraction of sp³-hybridized carbons (Fsp3) is 0.600. The lowest BCUT2D eigenvalue weighted by Gasteiger charge is -2.33. The lowest BCUT2D eigenvalue weighted by atomic mass is 10.2. The highest BCUT2D eigenvalue weighted by atomic mass is 16.6. The number of hydrogen-bond acceptors (Lipinski definition) is 5. The van der Waals surface area contributed by atoms with E-state index < -0.39 is 0 Å². The highest BCUT2D eigenvalue weighted by molar-refractivity contribution is 5.95. The summed E-state index contributed by atoms with van der Waals surface area (Å²) in [6.07, 6.45) is 1.85. The minimum atomic E-state index is -0.366. The predicted octanol–water partition coefficient (Wildman–Crippen LogP) is 2.55. The van der Waals surface area contributed by atoms with Crippen LogP contribution < -0.4 is 5.32 Å². The Morgan fingerprint density at radius 2 is 2.00 bits per heavy atom. The Kier molecular flexibility index (Phi) is 6.27. The summed E-state index contributed by atoms with van der Waals surface area (Å²) in [5.41, 5.74) is 1.18. The molecule has 1 aromatic rings. The van der Waals surface area contributed by atoms with Gasteiger partial charge in [-0.2, -0.15) is 0 Å². The van der Waals surface area contributed by atoms with Crippen molar-refractivity contribution < 1.29 is 19.1 Å². The molecule has 1 atom stereocenters. The minimum Gasteiger partial charge on any atom is -0.459 e. The second kappa shape index (κ2) is 8.64. The van der Waals surface area contributed by atoms with E-state index >= 15 is 0 Å². The van der Waals surface area contributed by atoms with Crippen molar-refractivity contribution in [2.45, 2.75) is 32.8 Å². The van der Waals surface area contributed by atoms with Crippen molar-refractivity contribution in [2.24, 2.45) is 11.8 Å². The number of benzene rings is 1. The van der Waals surface area contributed by atoms with Crippen LogP contribution in [0.25, 0.3) is 0 Å². The van der Waals surface area contributed by atoms with E-state index in [1.54, 1.807) is 24.3 Å². The van der Waals surface area contributed by atoms with Crippen LogP contribution >= 0.6 is 0 Å². The van der Waals surface area contributed by atoms with Gasteiger partial charge in [0.05, 0.1) is 12.2 Å². The third-order valence-electron chi connectivity index (χ3n) is 4.58. The van der Waals surface area contributed by atoms with Crippen LogP contribution in [-0.4, -0.2) is 55.7 Å². The normalized spacial score (nSPS) is 20.8. The predicted molar refractivity (Wildman–Crippen MR) is 99.1 cm³/mol. The minimum absolute atomic E-state index is 0.0562. The Morgan fingerprint density at radius 3 is 2.65 bits per heavy atom. The molecule has 1 N–H and O–H groups in total. The molecule has 1 amide bonds. The molecule has 1 aromatic carbocycles. The van der Waals surface area contributed by atoms with Crippen molar-refractivity contribution in [3.05, 3.63) is 29.8 Å². The zero-order chi connectivity index (χ0) is 18.5. The van der Waals surface area contributed by atoms with E-state index in [-0.39, 0.29) is 30.5 Å². The molecule has 6 heteroatoms. The van der Waals surface area contributed by atoms with Crippen molar-refractivity contribution in [3.63, 3.8) is 0 Å². The van der Waals surface area contributed by atoms with Gasteiger partial charge in [0, 0.05) is 31.2 Å². The second-order valence-corrected chi connectivity index (χ2v) is 7.59. The zero-order valence-electron chi connectivity index (χ0n) is 15.6. The van der Waals surface area contributed by atoms with Crippen molar-refractivity contribution in [1.82, 2.24) is 4.90 Å². The highest BCUT2D eigenvalue weighted by Crippen LogP contribution is 2.30. The van der Waals surface area contributed by atoms with Gasteiger partial charge in [0.15, 0.2) is 0 Å². The molecule has 26 heavy (non-hydrogen) atoms. The summed E-state index contributed by atoms with van der Waals surface area (Å²) in [4.78, 5) is 26.3. The van der Waals surface area contributed by atoms with Crippen LogP contribution in [0, 0.1) is 11.8 Å². The number of nitrogens with one attached hydrogen (secondary N) is 1. The molecule has 0 spiro atoms. The average Bonchev–Trinajstić information content (AvgIpc) is 3.45. The van der Waals surface area contributed by atoms with Crippen LogP contribution in [-0.2, 0) is 14.3 Å². The largest absolute Gasteiger partial charge is 0.459 e. The maximum absolute atomic E-state index is 12.2. The summed E-state index contributed by atoms with van der Waals surface area (Å²) in [7, 11) is 0. The van der Waals surface area contributed by atoms with Crippen LogP contribution in [0.1, 0.15) is 37.0 Å². The van der Waals surface area contributed by atoms with E-state index in [0.29, 0.717) is 23.8 Å². The van der Waals surface area contributed by atoms with Gasteiger partial charge in [-0.05, 0) is 43.0 Å². The molecule has 142 valence electrons. The van der Waals surface area contributed by atoms with Crippen LogP contribution in [0.15, 0.2) is 24.3 Å². The van der Waals surface area contributed by atoms with Crippen LogP contribution in [0.3, 0.4) is 0 Å². The molecule has 3 rings (SSSR count). The van der Waals surface area contributed by atoms with Gasteiger partial charge in [0.25, 0.3) is 0 Å². The Morgan fingerprint density at radius 1 is 1.27 bits per heavy atom. The molecule has 0 aromatic heterocycles. The Hall–Kier alpha value is -1.92. The molecule has 1 saturated heterocycles. The fourth-order valence-electron chi connectivity index (χ4n) is 3.09. The number of amides is 1. The Labute approximate surface area is 154 Å². The van der Waals surface area contributed by atoms with Gasteiger partial charge in [-0.25, -0.2) is 4.79 Å². The maximum atomic E-state index is 12.2. The number of hydrogen-bond donors (Lipinski definition) is 1. The van der Waals surface area contributed by atoms with Crippen molar-refractivity contribution in [3.8, 4) is 0 Å². The molecule has 2 fully saturated rings. The molecular formula is C20H28N2O4. The third-order valence-corrected chi connectivity index (χ3v) is 4.58.